The predicted molar refractivity (Wildman–Crippen MR) is 306 cm³/mol. The molecule has 0 unspecified atom stereocenters. The van der Waals surface area contributed by atoms with Gasteiger partial charge in [-0.2, -0.15) is 0 Å². The molecule has 1 aliphatic carbocycles. The van der Waals surface area contributed by atoms with Crippen LogP contribution in [-0.4, -0.2) is 6.71 Å². The van der Waals surface area contributed by atoms with Gasteiger partial charge < -0.3 is 9.80 Å². The molecule has 3 heterocycles. The van der Waals surface area contributed by atoms with Gasteiger partial charge in [0.1, 0.15) is 0 Å². The minimum Gasteiger partial charge on any atom is -0.311 e. The molecule has 0 saturated carbocycles. The Balaban J connectivity index is 1.24. The Morgan fingerprint density at radius 2 is 1.11 bits per heavy atom. The number of rotatable bonds is 4. The van der Waals surface area contributed by atoms with Gasteiger partial charge in [-0.15, -0.1) is 11.3 Å². The number of thiophene rings is 1. The Morgan fingerprint density at radius 3 is 1.80 bits per heavy atom. The fourth-order valence-electron chi connectivity index (χ4n) is 12.2. The van der Waals surface area contributed by atoms with E-state index in [1.165, 1.54) is 64.5 Å². The maximum Gasteiger partial charge on any atom is 0.252 e. The van der Waals surface area contributed by atoms with Crippen LogP contribution in [0.4, 0.5) is 34.1 Å². The van der Waals surface area contributed by atoms with Crippen LogP contribution in [0.5, 0.6) is 0 Å². The van der Waals surface area contributed by atoms with Gasteiger partial charge in [-0.1, -0.05) is 166 Å². The van der Waals surface area contributed by atoms with Crippen LogP contribution in [0.3, 0.4) is 0 Å². The average molecular weight is 932 g/mol. The van der Waals surface area contributed by atoms with Gasteiger partial charge in [0, 0.05) is 58.3 Å². The van der Waals surface area contributed by atoms with E-state index in [2.05, 4.69) is 225 Å². The third-order valence-corrected chi connectivity index (χ3v) is 17.4. The highest BCUT2D eigenvalue weighted by atomic mass is 32.1. The van der Waals surface area contributed by atoms with Gasteiger partial charge in [0.05, 0.1) is 5.69 Å². The van der Waals surface area contributed by atoms with E-state index in [1.54, 1.807) is 0 Å². The highest BCUT2D eigenvalue weighted by molar-refractivity contribution is 7.26. The van der Waals surface area contributed by atoms with Crippen LogP contribution in [0, 0.1) is 13.8 Å². The minimum atomic E-state index is -2.39. The first-order valence-electron chi connectivity index (χ1n) is 26.8. The third kappa shape index (κ3) is 6.95. The second kappa shape index (κ2) is 15.6. The van der Waals surface area contributed by atoms with Crippen LogP contribution in [0.15, 0.2) is 152 Å². The van der Waals surface area contributed by atoms with E-state index in [0.717, 1.165) is 69.1 Å². The lowest BCUT2D eigenvalue weighted by Crippen LogP contribution is -2.62. The molecule has 348 valence electrons. The second-order valence-electron chi connectivity index (χ2n) is 23.9. The molecule has 1 aromatic heterocycles. The molecule has 12 rings (SSSR count). The van der Waals surface area contributed by atoms with Crippen molar-refractivity contribution in [1.82, 2.24) is 0 Å². The van der Waals surface area contributed by atoms with E-state index >= 15 is 0 Å². The standard InChI is InChI=1S/C66H65BN2S/c1-40-33-57-62-58(34-40)69(54-30-27-45(64(6,7)8)37-48(54)42-19-14-13-15-20-42)56-39-50-49(65(9,10)31-32-66(50,11)12)38-52(56)67(62)51-36-43(46-22-18-24-60-61(46)47-21-16-17-23-59(47)70-60)25-28-55(51)68(57)53-29-26-44(35-41(53)2)63(3,4)5/h13-30,33-39H,31-32H2,1-12H3/i1D3. The van der Waals surface area contributed by atoms with Crippen molar-refractivity contribution in [2.45, 2.75) is 118 Å². The van der Waals surface area contributed by atoms with Gasteiger partial charge in [0.2, 0.25) is 0 Å². The van der Waals surface area contributed by atoms with Gasteiger partial charge >= 0.3 is 0 Å². The van der Waals surface area contributed by atoms with Crippen molar-refractivity contribution in [3.63, 3.8) is 0 Å². The number of nitrogens with zero attached hydrogens (tertiary/aromatic N) is 2. The maximum atomic E-state index is 9.22. The predicted octanol–water partition coefficient (Wildman–Crippen LogP) is 17.0. The summed E-state index contributed by atoms with van der Waals surface area (Å²) in [7, 11) is 0. The van der Waals surface area contributed by atoms with Gasteiger partial charge in [-0.3, -0.25) is 0 Å². The largest absolute Gasteiger partial charge is 0.311 e. The van der Waals surface area contributed by atoms with E-state index in [1.807, 2.05) is 23.5 Å². The van der Waals surface area contributed by atoms with Gasteiger partial charge in [0.15, 0.2) is 0 Å². The van der Waals surface area contributed by atoms with Crippen LogP contribution in [0.1, 0.15) is 120 Å². The summed E-state index contributed by atoms with van der Waals surface area (Å²) in [5.74, 6) is 0. The van der Waals surface area contributed by atoms with Crippen molar-refractivity contribution in [3.05, 3.63) is 185 Å². The third-order valence-electron chi connectivity index (χ3n) is 16.2. The molecule has 0 spiro atoms. The summed E-state index contributed by atoms with van der Waals surface area (Å²) in [5, 5.41) is 2.56. The molecular formula is C66H65BN2S. The zero-order chi connectivity index (χ0) is 51.3. The SMILES string of the molecule is [2H]C([2H])([2H])c1cc2c3c(c1)N(c1ccc(C(C)(C)C)cc1-c1ccccc1)c1cc4c(cc1B3c1cc(-c3cccc5sc6ccccc6c35)ccc1N2c1ccc(C(C)(C)C)cc1C)C(C)(C)CCC4(C)C. The lowest BCUT2D eigenvalue weighted by atomic mass is 9.33. The van der Waals surface area contributed by atoms with E-state index < -0.39 is 6.85 Å². The topological polar surface area (TPSA) is 6.48 Å². The Hall–Kier alpha value is -6.36. The number of hydrogen-bond donors (Lipinski definition) is 0. The molecule has 0 saturated heterocycles. The zero-order valence-electron chi connectivity index (χ0n) is 45.7. The summed E-state index contributed by atoms with van der Waals surface area (Å²) >= 11 is 1.85. The molecule has 4 heteroatoms. The minimum absolute atomic E-state index is 0.0546. The number of hydrogen-bond acceptors (Lipinski definition) is 3. The number of benzene rings is 8. The van der Waals surface area contributed by atoms with Crippen molar-refractivity contribution in [1.29, 1.82) is 0 Å². The molecule has 3 aliphatic rings. The van der Waals surface area contributed by atoms with E-state index in [0.29, 0.717) is 5.56 Å². The highest BCUT2D eigenvalue weighted by Gasteiger charge is 2.47. The summed E-state index contributed by atoms with van der Waals surface area (Å²) in [6.45, 7) is 22.9. The molecule has 70 heavy (non-hydrogen) atoms. The van der Waals surface area contributed by atoms with Gasteiger partial charge in [0.25, 0.3) is 6.71 Å². The fraction of sp³-hybridized carbons (Fsp3) is 0.273. The summed E-state index contributed by atoms with van der Waals surface area (Å²) in [5.41, 5.74) is 20.7. The number of anilines is 6. The van der Waals surface area contributed by atoms with Crippen molar-refractivity contribution in [2.24, 2.45) is 0 Å². The highest BCUT2D eigenvalue weighted by Crippen LogP contribution is 2.53. The molecule has 2 nitrogen and oxygen atoms in total. The van der Waals surface area contributed by atoms with Crippen LogP contribution in [-0.2, 0) is 21.7 Å². The fourth-order valence-corrected chi connectivity index (χ4v) is 13.3. The van der Waals surface area contributed by atoms with Crippen LogP contribution >= 0.6 is 11.3 Å². The summed E-state index contributed by atoms with van der Waals surface area (Å²) in [6, 6.07) is 56.4. The average Bonchev–Trinajstić information content (AvgIpc) is 3.73. The molecule has 9 aromatic rings. The van der Waals surface area contributed by atoms with Crippen LogP contribution in [0.25, 0.3) is 42.4 Å². The molecule has 0 atom stereocenters. The lowest BCUT2D eigenvalue weighted by molar-refractivity contribution is 0.332. The number of fused-ring (bicyclic) bond motifs is 8. The first-order valence-corrected chi connectivity index (χ1v) is 26.1. The molecule has 2 aliphatic heterocycles. The van der Waals surface area contributed by atoms with Crippen molar-refractivity contribution < 1.29 is 4.11 Å². The Morgan fingerprint density at radius 1 is 0.514 bits per heavy atom. The van der Waals surface area contributed by atoms with Crippen LogP contribution < -0.4 is 26.2 Å². The molecule has 0 amide bonds. The second-order valence-corrected chi connectivity index (χ2v) is 25.0. The van der Waals surface area contributed by atoms with Gasteiger partial charge in [-0.25, -0.2) is 0 Å². The quantitative estimate of drug-likeness (QED) is 0.162. The molecule has 0 N–H and O–H groups in total. The monoisotopic (exact) mass is 932 g/mol. The first-order chi connectivity index (χ1) is 34.5. The summed E-state index contributed by atoms with van der Waals surface area (Å²) in [4.78, 5) is 4.87. The van der Waals surface area contributed by atoms with E-state index in [4.69, 9.17) is 0 Å². The summed E-state index contributed by atoms with van der Waals surface area (Å²) in [6.07, 6.45) is 2.17. The Labute approximate surface area is 425 Å². The Bertz CT molecular complexity index is 3740. The molecule has 0 radical (unpaired) electrons. The summed E-state index contributed by atoms with van der Waals surface area (Å²) < 4.78 is 30.2. The van der Waals surface area contributed by atoms with Crippen LogP contribution in [0.2, 0.25) is 0 Å². The van der Waals surface area contributed by atoms with Crippen molar-refractivity contribution in [2.75, 3.05) is 9.80 Å². The van der Waals surface area contributed by atoms with Crippen molar-refractivity contribution in [3.8, 4) is 22.3 Å². The molecular weight excluding hydrogens is 864 g/mol. The normalized spacial score (nSPS) is 16.6. The molecule has 8 aromatic carbocycles. The smallest absolute Gasteiger partial charge is 0.252 e. The zero-order valence-corrected chi connectivity index (χ0v) is 43.5. The Kier molecular flexibility index (Phi) is 9.22. The van der Waals surface area contributed by atoms with Gasteiger partial charge in [-0.05, 0) is 169 Å². The van der Waals surface area contributed by atoms with Crippen molar-refractivity contribution >= 4 is 88.7 Å². The maximum absolute atomic E-state index is 9.22. The molecule has 0 fully saturated rings. The lowest BCUT2D eigenvalue weighted by Gasteiger charge is -2.48. The first kappa shape index (κ1) is 41.4. The molecule has 0 bridgehead atoms. The van der Waals surface area contributed by atoms with E-state index in [-0.39, 0.29) is 28.4 Å². The van der Waals surface area contributed by atoms with E-state index in [9.17, 15) is 4.11 Å². The number of aryl methyl sites for hydroxylation is 2.